The molecule has 0 aliphatic rings. The van der Waals surface area contributed by atoms with E-state index in [1.54, 1.807) is 26.8 Å². The van der Waals surface area contributed by atoms with Crippen LogP contribution in [0.1, 0.15) is 32.0 Å². The van der Waals surface area contributed by atoms with Crippen LogP contribution in [0.25, 0.3) is 11.1 Å². The summed E-state index contributed by atoms with van der Waals surface area (Å²) >= 11 is 0. The fourth-order valence-electron chi connectivity index (χ4n) is 3.01. The van der Waals surface area contributed by atoms with Gasteiger partial charge in [0.1, 0.15) is 17.4 Å². The van der Waals surface area contributed by atoms with Crippen molar-refractivity contribution in [3.8, 4) is 23.1 Å². The molecule has 37 heavy (non-hydrogen) atoms. The van der Waals surface area contributed by atoms with Crippen molar-refractivity contribution in [3.05, 3.63) is 71.7 Å². The Balaban J connectivity index is 1.96. The normalized spacial score (nSPS) is 11.9. The van der Waals surface area contributed by atoms with E-state index in [0.717, 1.165) is 0 Å². The summed E-state index contributed by atoms with van der Waals surface area (Å²) in [5.41, 5.74) is -5.74. The highest BCUT2D eigenvalue weighted by molar-refractivity contribution is 7.88. The highest BCUT2D eigenvalue weighted by Crippen LogP contribution is 2.36. The Labute approximate surface area is 210 Å². The van der Waals surface area contributed by atoms with Crippen LogP contribution in [0.15, 0.2) is 54.6 Å². The van der Waals surface area contributed by atoms with Gasteiger partial charge in [-0.3, -0.25) is 0 Å². The number of nitrogens with zero attached hydrogens (tertiary/aromatic N) is 2. The minimum atomic E-state index is -6.08. The van der Waals surface area contributed by atoms with Crippen molar-refractivity contribution in [2.24, 2.45) is 0 Å². The molecule has 0 bridgehead atoms. The summed E-state index contributed by atoms with van der Waals surface area (Å²) in [4.78, 5) is 16.1. The minimum Gasteiger partial charge on any atom is -0.354 e. The molecule has 194 valence electrons. The van der Waals surface area contributed by atoms with Crippen molar-refractivity contribution >= 4 is 27.5 Å². The van der Waals surface area contributed by atoms with Gasteiger partial charge in [0.2, 0.25) is 0 Å². The minimum absolute atomic E-state index is 0.0807. The van der Waals surface area contributed by atoms with E-state index in [9.17, 15) is 36.0 Å². The third-order valence-corrected chi connectivity index (χ3v) is 5.84. The number of rotatable bonds is 5. The van der Waals surface area contributed by atoms with Crippen LogP contribution in [-0.2, 0) is 15.5 Å². The fourth-order valence-corrected chi connectivity index (χ4v) is 3.44. The van der Waals surface area contributed by atoms with E-state index < -0.39 is 44.3 Å². The van der Waals surface area contributed by atoms with Crippen LogP contribution in [0, 0.1) is 17.1 Å². The number of carbonyl (C=O) groups excluding carboxylic acids is 1. The number of nitrogens with one attached hydrogen (secondary N) is 2. The van der Waals surface area contributed by atoms with Crippen LogP contribution in [0.4, 0.5) is 33.7 Å². The number of amides is 2. The number of hydrogen-bond donors (Lipinski definition) is 2. The Hall–Kier alpha value is -4.18. The summed E-state index contributed by atoms with van der Waals surface area (Å²) < 4.78 is 79.3. The van der Waals surface area contributed by atoms with Gasteiger partial charge in [0.05, 0.1) is 5.69 Å². The van der Waals surface area contributed by atoms with Gasteiger partial charge in [-0.2, -0.15) is 26.9 Å². The standard InChI is InChI=1S/C24H20F4N4O4S/c1-23(2,3)20-12-18(19(13-29)21(32-20)36-37(34,35)24(26,27)28)14-4-8-16(9-5-14)30-22(33)31-17-10-6-15(25)7-11-17/h4-12H,1-3H3,(H2,30,31,33). The molecule has 0 fully saturated rings. The first kappa shape index (κ1) is 27.4. The first-order valence-electron chi connectivity index (χ1n) is 10.5. The highest BCUT2D eigenvalue weighted by atomic mass is 32.2. The molecule has 2 aromatic carbocycles. The van der Waals surface area contributed by atoms with Crippen molar-refractivity contribution in [2.75, 3.05) is 10.6 Å². The molecule has 1 aromatic heterocycles. The maximum atomic E-state index is 13.0. The molecule has 13 heteroatoms. The zero-order valence-electron chi connectivity index (χ0n) is 19.6. The molecule has 3 aromatic rings. The van der Waals surface area contributed by atoms with E-state index >= 15 is 0 Å². The van der Waals surface area contributed by atoms with Crippen LogP contribution in [0.2, 0.25) is 0 Å². The Morgan fingerprint density at radius 2 is 1.49 bits per heavy atom. The van der Waals surface area contributed by atoms with Crippen LogP contribution in [0.3, 0.4) is 0 Å². The van der Waals surface area contributed by atoms with Gasteiger partial charge in [-0.05, 0) is 48.0 Å². The van der Waals surface area contributed by atoms with Gasteiger partial charge in [0, 0.05) is 22.4 Å². The Bertz CT molecular complexity index is 1460. The van der Waals surface area contributed by atoms with Crippen LogP contribution in [-0.4, -0.2) is 24.9 Å². The Kier molecular flexibility index (Phi) is 7.45. The topological polar surface area (TPSA) is 121 Å². The predicted octanol–water partition coefficient (Wildman–Crippen LogP) is 5.93. The van der Waals surface area contributed by atoms with Gasteiger partial charge < -0.3 is 14.8 Å². The average molecular weight is 537 g/mol. The van der Waals surface area contributed by atoms with Gasteiger partial charge in [0.25, 0.3) is 5.88 Å². The van der Waals surface area contributed by atoms with Crippen molar-refractivity contribution < 1.29 is 35.0 Å². The van der Waals surface area contributed by atoms with Crippen LogP contribution >= 0.6 is 0 Å². The van der Waals surface area contributed by atoms with Crippen molar-refractivity contribution in [2.45, 2.75) is 31.7 Å². The number of hydrogen-bond acceptors (Lipinski definition) is 6. The van der Waals surface area contributed by atoms with Crippen molar-refractivity contribution in [1.29, 1.82) is 5.26 Å². The van der Waals surface area contributed by atoms with Crippen LogP contribution in [0.5, 0.6) is 5.88 Å². The smallest absolute Gasteiger partial charge is 0.354 e. The van der Waals surface area contributed by atoms with Gasteiger partial charge in [0.15, 0.2) is 0 Å². The molecule has 0 saturated carbocycles. The second-order valence-corrected chi connectivity index (χ2v) is 10.3. The number of anilines is 2. The summed E-state index contributed by atoms with van der Waals surface area (Å²) in [5, 5.41) is 14.7. The number of nitriles is 1. The third kappa shape index (κ3) is 6.53. The second kappa shape index (κ2) is 10.1. The summed E-state index contributed by atoms with van der Waals surface area (Å²) in [5.74, 6) is -1.46. The second-order valence-electron chi connectivity index (χ2n) is 8.74. The zero-order chi connectivity index (χ0) is 27.6. The van der Waals surface area contributed by atoms with Gasteiger partial charge in [-0.15, -0.1) is 0 Å². The van der Waals surface area contributed by atoms with E-state index in [4.69, 9.17) is 0 Å². The lowest BCUT2D eigenvalue weighted by atomic mass is 9.88. The van der Waals surface area contributed by atoms with E-state index in [0.29, 0.717) is 16.9 Å². The quantitative estimate of drug-likeness (QED) is 0.237. The number of urea groups is 1. The number of carbonyl (C=O) groups is 1. The lowest BCUT2D eigenvalue weighted by Gasteiger charge is -2.21. The maximum Gasteiger partial charge on any atom is 0.534 e. The molecular weight excluding hydrogens is 516 g/mol. The molecule has 0 spiro atoms. The number of benzene rings is 2. The summed E-state index contributed by atoms with van der Waals surface area (Å²) in [6.07, 6.45) is 0. The van der Waals surface area contributed by atoms with Gasteiger partial charge >= 0.3 is 21.7 Å². The van der Waals surface area contributed by atoms with Gasteiger partial charge in [-0.25, -0.2) is 14.2 Å². The Morgan fingerprint density at radius 1 is 0.973 bits per heavy atom. The molecule has 3 rings (SSSR count). The first-order chi connectivity index (χ1) is 17.1. The lowest BCUT2D eigenvalue weighted by molar-refractivity contribution is -0.0501. The molecule has 2 amide bonds. The van der Waals surface area contributed by atoms with Gasteiger partial charge in [-0.1, -0.05) is 32.9 Å². The SMILES string of the molecule is CC(C)(C)c1cc(-c2ccc(NC(=O)Nc3ccc(F)cc3)cc2)c(C#N)c(OS(=O)(=O)C(F)(F)F)n1. The molecule has 0 saturated heterocycles. The predicted molar refractivity (Wildman–Crippen MR) is 128 cm³/mol. The van der Waals surface area contributed by atoms with E-state index in [2.05, 4.69) is 19.8 Å². The molecule has 8 nitrogen and oxygen atoms in total. The fraction of sp³-hybridized carbons (Fsp3) is 0.208. The van der Waals surface area contributed by atoms with Crippen LogP contribution < -0.4 is 14.8 Å². The number of alkyl halides is 3. The molecule has 0 unspecified atom stereocenters. The average Bonchev–Trinajstić information content (AvgIpc) is 2.79. The number of halogens is 4. The third-order valence-electron chi connectivity index (χ3n) is 4.89. The maximum absolute atomic E-state index is 13.0. The molecular formula is C24H20F4N4O4S. The first-order valence-corrected chi connectivity index (χ1v) is 11.9. The molecule has 0 atom stereocenters. The van der Waals surface area contributed by atoms with E-state index in [1.807, 2.05) is 0 Å². The highest BCUT2D eigenvalue weighted by Gasteiger charge is 2.49. The summed E-state index contributed by atoms with van der Waals surface area (Å²) in [6.45, 7) is 5.08. The van der Waals surface area contributed by atoms with Crippen molar-refractivity contribution in [3.63, 3.8) is 0 Å². The molecule has 2 N–H and O–H groups in total. The monoisotopic (exact) mass is 536 g/mol. The van der Waals surface area contributed by atoms with Crippen molar-refractivity contribution in [1.82, 2.24) is 4.98 Å². The number of pyridine rings is 1. The van der Waals surface area contributed by atoms with E-state index in [-0.39, 0.29) is 11.3 Å². The summed E-state index contributed by atoms with van der Waals surface area (Å²) in [7, 11) is -6.08. The zero-order valence-corrected chi connectivity index (χ0v) is 20.5. The molecule has 0 aliphatic heterocycles. The summed E-state index contributed by atoms with van der Waals surface area (Å²) in [6, 6.07) is 13.5. The lowest BCUT2D eigenvalue weighted by Crippen LogP contribution is -2.29. The molecule has 0 radical (unpaired) electrons. The molecule has 0 aliphatic carbocycles. The number of aromatic nitrogens is 1. The van der Waals surface area contributed by atoms with E-state index in [1.165, 1.54) is 54.6 Å². The largest absolute Gasteiger partial charge is 0.534 e. The molecule has 1 heterocycles. The Morgan fingerprint density at radius 3 is 1.95 bits per heavy atom.